The SMILES string of the molecule is CCC(C)N(CC(=O)N(Cc1cccn1Cc1ccccc1C)C(C)CC)C(C)=O. The number of rotatable bonds is 10. The van der Waals surface area contributed by atoms with Crippen LogP contribution in [0.5, 0.6) is 0 Å². The molecule has 5 heteroatoms. The average Bonchev–Trinajstić information content (AvgIpc) is 3.17. The van der Waals surface area contributed by atoms with Crippen molar-refractivity contribution in [2.45, 2.75) is 79.6 Å². The third kappa shape index (κ3) is 5.97. The van der Waals surface area contributed by atoms with Gasteiger partial charge >= 0.3 is 0 Å². The molecule has 1 aromatic heterocycles. The molecule has 164 valence electrons. The van der Waals surface area contributed by atoms with E-state index in [0.717, 1.165) is 25.1 Å². The molecule has 30 heavy (non-hydrogen) atoms. The van der Waals surface area contributed by atoms with Crippen molar-refractivity contribution in [3.63, 3.8) is 0 Å². The minimum Gasteiger partial charge on any atom is -0.345 e. The summed E-state index contributed by atoms with van der Waals surface area (Å²) in [6, 6.07) is 12.7. The van der Waals surface area contributed by atoms with Crippen LogP contribution in [0.25, 0.3) is 0 Å². The monoisotopic (exact) mass is 411 g/mol. The van der Waals surface area contributed by atoms with E-state index in [1.807, 2.05) is 24.8 Å². The van der Waals surface area contributed by atoms with Crippen molar-refractivity contribution in [1.29, 1.82) is 0 Å². The number of nitrogens with zero attached hydrogens (tertiary/aromatic N) is 3. The molecule has 1 heterocycles. The average molecular weight is 412 g/mol. The zero-order valence-electron chi connectivity index (χ0n) is 19.4. The summed E-state index contributed by atoms with van der Waals surface area (Å²) in [7, 11) is 0. The second-order valence-electron chi connectivity index (χ2n) is 8.24. The van der Waals surface area contributed by atoms with E-state index >= 15 is 0 Å². The van der Waals surface area contributed by atoms with Crippen molar-refractivity contribution < 1.29 is 9.59 Å². The van der Waals surface area contributed by atoms with E-state index in [1.54, 1.807) is 11.8 Å². The van der Waals surface area contributed by atoms with Crippen LogP contribution in [0.1, 0.15) is 64.3 Å². The van der Waals surface area contributed by atoms with E-state index in [0.29, 0.717) is 6.54 Å². The highest BCUT2D eigenvalue weighted by Crippen LogP contribution is 2.17. The lowest BCUT2D eigenvalue weighted by molar-refractivity contribution is -0.142. The zero-order valence-corrected chi connectivity index (χ0v) is 19.4. The van der Waals surface area contributed by atoms with Crippen molar-refractivity contribution in [3.05, 3.63) is 59.4 Å². The van der Waals surface area contributed by atoms with Crippen LogP contribution in [0, 0.1) is 6.92 Å². The van der Waals surface area contributed by atoms with Gasteiger partial charge in [0.25, 0.3) is 0 Å². The highest BCUT2D eigenvalue weighted by Gasteiger charge is 2.25. The van der Waals surface area contributed by atoms with Gasteiger partial charge in [0.1, 0.15) is 0 Å². The molecule has 2 amide bonds. The summed E-state index contributed by atoms with van der Waals surface area (Å²) in [4.78, 5) is 29.0. The van der Waals surface area contributed by atoms with Crippen molar-refractivity contribution in [2.24, 2.45) is 0 Å². The number of amides is 2. The molecule has 0 aliphatic carbocycles. The van der Waals surface area contributed by atoms with E-state index in [1.165, 1.54) is 11.1 Å². The van der Waals surface area contributed by atoms with E-state index in [9.17, 15) is 9.59 Å². The van der Waals surface area contributed by atoms with Crippen LogP contribution in [0.15, 0.2) is 42.6 Å². The molecule has 0 saturated heterocycles. The first-order valence-electron chi connectivity index (χ1n) is 11.0. The molecule has 0 aliphatic rings. The van der Waals surface area contributed by atoms with Crippen LogP contribution in [-0.4, -0.2) is 44.8 Å². The summed E-state index contributed by atoms with van der Waals surface area (Å²) in [6.45, 7) is 13.3. The Morgan fingerprint density at radius 3 is 2.20 bits per heavy atom. The Balaban J connectivity index is 2.21. The van der Waals surface area contributed by atoms with E-state index in [2.05, 4.69) is 61.9 Å². The number of benzene rings is 1. The second-order valence-corrected chi connectivity index (χ2v) is 8.24. The molecular formula is C25H37N3O2. The largest absolute Gasteiger partial charge is 0.345 e. The van der Waals surface area contributed by atoms with Crippen LogP contribution in [-0.2, 0) is 22.7 Å². The Morgan fingerprint density at radius 1 is 0.967 bits per heavy atom. The van der Waals surface area contributed by atoms with Crippen LogP contribution in [0.4, 0.5) is 0 Å². The number of carbonyl (C=O) groups excluding carboxylic acids is 2. The Kier molecular flexibility index (Phi) is 8.70. The van der Waals surface area contributed by atoms with Crippen molar-refractivity contribution in [2.75, 3.05) is 6.54 Å². The maximum absolute atomic E-state index is 13.3. The van der Waals surface area contributed by atoms with Gasteiger partial charge in [-0.1, -0.05) is 38.1 Å². The van der Waals surface area contributed by atoms with E-state index < -0.39 is 0 Å². The zero-order chi connectivity index (χ0) is 22.3. The third-order valence-electron chi connectivity index (χ3n) is 6.13. The standard InChI is InChI=1S/C25H37N3O2/c1-7-20(4)27(22(6)29)18-25(30)28(21(5)8-2)17-24-14-11-15-26(24)16-23-13-10-9-12-19(23)3/h9-15,20-21H,7-8,16-18H2,1-6H3. The van der Waals surface area contributed by atoms with Gasteiger partial charge in [0.05, 0.1) is 13.1 Å². The highest BCUT2D eigenvalue weighted by molar-refractivity contribution is 5.84. The van der Waals surface area contributed by atoms with Crippen LogP contribution < -0.4 is 0 Å². The lowest BCUT2D eigenvalue weighted by Crippen LogP contribution is -2.48. The normalized spacial score (nSPS) is 13.0. The molecule has 2 aromatic rings. The summed E-state index contributed by atoms with van der Waals surface area (Å²) in [5.41, 5.74) is 3.64. The number of hydrogen-bond donors (Lipinski definition) is 0. The number of aromatic nitrogens is 1. The third-order valence-corrected chi connectivity index (χ3v) is 6.13. The molecule has 5 nitrogen and oxygen atoms in total. The first-order valence-corrected chi connectivity index (χ1v) is 11.0. The fourth-order valence-electron chi connectivity index (χ4n) is 3.64. The maximum atomic E-state index is 13.3. The Bertz CT molecular complexity index is 842. The summed E-state index contributed by atoms with van der Waals surface area (Å²) < 4.78 is 2.21. The Labute approximate surface area is 181 Å². The van der Waals surface area contributed by atoms with Crippen LogP contribution in [0.3, 0.4) is 0 Å². The molecule has 0 fully saturated rings. The van der Waals surface area contributed by atoms with Gasteiger partial charge < -0.3 is 14.4 Å². The van der Waals surface area contributed by atoms with Crippen molar-refractivity contribution >= 4 is 11.8 Å². The minimum absolute atomic E-state index is 0.00323. The molecule has 0 N–H and O–H groups in total. The predicted molar refractivity (Wildman–Crippen MR) is 122 cm³/mol. The predicted octanol–water partition coefficient (Wildman–Crippen LogP) is 4.62. The summed E-state index contributed by atoms with van der Waals surface area (Å²) in [5.74, 6) is -0.0479. The van der Waals surface area contributed by atoms with Gasteiger partial charge in [-0.2, -0.15) is 0 Å². The van der Waals surface area contributed by atoms with Gasteiger partial charge in [0.15, 0.2) is 0 Å². The highest BCUT2D eigenvalue weighted by atomic mass is 16.2. The fraction of sp³-hybridized carbons (Fsp3) is 0.520. The molecular weight excluding hydrogens is 374 g/mol. The number of hydrogen-bond acceptors (Lipinski definition) is 2. The summed E-state index contributed by atoms with van der Waals surface area (Å²) >= 11 is 0. The number of carbonyl (C=O) groups is 2. The molecule has 0 saturated carbocycles. The number of aryl methyl sites for hydroxylation is 1. The Hall–Kier alpha value is -2.56. The van der Waals surface area contributed by atoms with Gasteiger partial charge in [-0.3, -0.25) is 9.59 Å². The van der Waals surface area contributed by atoms with Crippen molar-refractivity contribution in [1.82, 2.24) is 14.4 Å². The molecule has 1 aromatic carbocycles. The molecule has 0 radical (unpaired) electrons. The summed E-state index contributed by atoms with van der Waals surface area (Å²) in [5, 5.41) is 0. The molecule has 2 rings (SSSR count). The Morgan fingerprint density at radius 2 is 1.60 bits per heavy atom. The summed E-state index contributed by atoms with van der Waals surface area (Å²) in [6.07, 6.45) is 3.77. The lowest BCUT2D eigenvalue weighted by atomic mass is 10.1. The van der Waals surface area contributed by atoms with Crippen LogP contribution >= 0.6 is 0 Å². The molecule has 0 aliphatic heterocycles. The quantitative estimate of drug-likeness (QED) is 0.573. The maximum Gasteiger partial charge on any atom is 0.242 e. The first-order chi connectivity index (χ1) is 14.3. The van der Waals surface area contributed by atoms with Gasteiger partial charge in [0.2, 0.25) is 11.8 Å². The molecule has 0 bridgehead atoms. The van der Waals surface area contributed by atoms with Gasteiger partial charge in [0, 0.05) is 37.4 Å². The van der Waals surface area contributed by atoms with Gasteiger partial charge in [-0.05, 0) is 56.9 Å². The lowest BCUT2D eigenvalue weighted by Gasteiger charge is -2.33. The smallest absolute Gasteiger partial charge is 0.242 e. The fourth-order valence-corrected chi connectivity index (χ4v) is 3.64. The van der Waals surface area contributed by atoms with Crippen molar-refractivity contribution in [3.8, 4) is 0 Å². The second kappa shape index (κ2) is 11.0. The van der Waals surface area contributed by atoms with Gasteiger partial charge in [-0.25, -0.2) is 0 Å². The van der Waals surface area contributed by atoms with Gasteiger partial charge in [-0.15, -0.1) is 0 Å². The molecule has 2 atom stereocenters. The molecule has 2 unspecified atom stereocenters. The molecule has 0 spiro atoms. The van der Waals surface area contributed by atoms with Crippen LogP contribution in [0.2, 0.25) is 0 Å². The minimum atomic E-state index is -0.0512. The topological polar surface area (TPSA) is 45.6 Å². The van der Waals surface area contributed by atoms with E-state index in [-0.39, 0.29) is 30.4 Å². The first kappa shape index (κ1) is 23.7. The van der Waals surface area contributed by atoms with E-state index in [4.69, 9.17) is 0 Å².